The molecule has 3 rings (SSSR count). The molecule has 35 heavy (non-hydrogen) atoms. The summed E-state index contributed by atoms with van der Waals surface area (Å²) in [6.45, 7) is 0.403. The van der Waals surface area contributed by atoms with E-state index in [0.717, 1.165) is 0 Å². The van der Waals surface area contributed by atoms with Gasteiger partial charge in [-0.3, -0.25) is 14.4 Å². The fraction of sp³-hybridized carbons (Fsp3) is 0.318. The highest BCUT2D eigenvalue weighted by Crippen LogP contribution is 2.19. The lowest BCUT2D eigenvalue weighted by Gasteiger charge is -2.03. The molecule has 0 spiro atoms. The number of carbonyl (C=O) groups is 4. The van der Waals surface area contributed by atoms with Crippen molar-refractivity contribution in [3.05, 3.63) is 47.9 Å². The summed E-state index contributed by atoms with van der Waals surface area (Å²) in [5.74, 6) is -1.39. The van der Waals surface area contributed by atoms with Gasteiger partial charge in [0.1, 0.15) is 11.4 Å². The van der Waals surface area contributed by atoms with Crippen LogP contribution >= 0.6 is 0 Å². The number of carbonyl (C=O) groups excluding carboxylic acids is 4. The molecule has 5 N–H and O–H groups in total. The van der Waals surface area contributed by atoms with Gasteiger partial charge >= 0.3 is 5.97 Å². The molecular formula is C22H28N8O5. The van der Waals surface area contributed by atoms with Crippen LogP contribution in [-0.2, 0) is 30.7 Å². The minimum absolute atomic E-state index is 0.0774. The molecule has 0 atom stereocenters. The molecule has 3 heterocycles. The molecule has 3 amide bonds. The van der Waals surface area contributed by atoms with Gasteiger partial charge in [-0.25, -0.2) is 9.78 Å². The second-order valence-corrected chi connectivity index (χ2v) is 7.85. The van der Waals surface area contributed by atoms with Gasteiger partial charge in [0.2, 0.25) is 11.7 Å². The second kappa shape index (κ2) is 10.7. The number of ether oxygens (including phenoxy) is 1. The van der Waals surface area contributed by atoms with Crippen molar-refractivity contribution in [3.63, 3.8) is 0 Å². The zero-order valence-corrected chi connectivity index (χ0v) is 19.9. The van der Waals surface area contributed by atoms with Crippen molar-refractivity contribution >= 4 is 40.9 Å². The van der Waals surface area contributed by atoms with Crippen LogP contribution in [0.5, 0.6) is 0 Å². The minimum Gasteiger partial charge on any atom is -0.464 e. The Morgan fingerprint density at radius 3 is 2.11 bits per heavy atom. The third-order valence-corrected chi connectivity index (χ3v) is 5.11. The largest absolute Gasteiger partial charge is 0.464 e. The first-order valence-corrected chi connectivity index (χ1v) is 10.7. The summed E-state index contributed by atoms with van der Waals surface area (Å²) in [6.07, 6.45) is 5.50. The molecule has 0 aromatic carbocycles. The van der Waals surface area contributed by atoms with Gasteiger partial charge in [0.05, 0.1) is 18.5 Å². The lowest BCUT2D eigenvalue weighted by Crippen LogP contribution is -2.17. The molecule has 3 aromatic heterocycles. The van der Waals surface area contributed by atoms with Crippen LogP contribution in [0.15, 0.2) is 30.7 Å². The van der Waals surface area contributed by atoms with Crippen LogP contribution in [0.25, 0.3) is 0 Å². The van der Waals surface area contributed by atoms with Crippen LogP contribution in [0.1, 0.15) is 44.4 Å². The van der Waals surface area contributed by atoms with Crippen LogP contribution in [0.4, 0.5) is 17.2 Å². The molecule has 3 aromatic rings. The number of imidazole rings is 1. The molecule has 0 aliphatic carbocycles. The van der Waals surface area contributed by atoms with Crippen molar-refractivity contribution in [2.45, 2.75) is 12.8 Å². The highest BCUT2D eigenvalue weighted by molar-refractivity contribution is 6.06. The van der Waals surface area contributed by atoms with Gasteiger partial charge in [-0.05, 0) is 25.1 Å². The smallest absolute Gasteiger partial charge is 0.354 e. The topological polar surface area (TPSA) is 167 Å². The summed E-state index contributed by atoms with van der Waals surface area (Å²) in [4.78, 5) is 53.3. The highest BCUT2D eigenvalue weighted by Gasteiger charge is 2.19. The fourth-order valence-corrected chi connectivity index (χ4v) is 3.39. The molecule has 0 aliphatic heterocycles. The fourth-order valence-electron chi connectivity index (χ4n) is 3.39. The number of hydrogen-bond donors (Lipinski definition) is 4. The van der Waals surface area contributed by atoms with Gasteiger partial charge in [-0.1, -0.05) is 0 Å². The molecule has 0 radical (unpaired) electrons. The Bertz CT molecular complexity index is 1270. The Hall–Kier alpha value is -4.39. The zero-order valence-electron chi connectivity index (χ0n) is 19.9. The van der Waals surface area contributed by atoms with Gasteiger partial charge < -0.3 is 40.1 Å². The number of aryl methyl sites for hydroxylation is 3. The standard InChI is InChI=1S/C22H28N8O5/c1-28-10-13(8-15(28)20(32)24-14-9-16(22(34)35-4)29(2)11-14)25-21(33)19-27-17(12-30(19)3)26-18(31)6-5-7-23/h8-12H,5-7,23H2,1-4H3,(H,24,32)(H,25,33)(H,26,31). The summed E-state index contributed by atoms with van der Waals surface area (Å²) in [7, 11) is 6.22. The summed E-state index contributed by atoms with van der Waals surface area (Å²) in [5.41, 5.74) is 6.76. The van der Waals surface area contributed by atoms with Crippen LogP contribution < -0.4 is 21.7 Å². The van der Waals surface area contributed by atoms with E-state index in [9.17, 15) is 19.2 Å². The molecule has 0 fully saturated rings. The lowest BCUT2D eigenvalue weighted by molar-refractivity contribution is -0.116. The molecule has 0 bridgehead atoms. The van der Waals surface area contributed by atoms with Crippen molar-refractivity contribution in [1.29, 1.82) is 0 Å². The van der Waals surface area contributed by atoms with Crippen molar-refractivity contribution in [1.82, 2.24) is 18.7 Å². The molecule has 0 unspecified atom stereocenters. The van der Waals surface area contributed by atoms with E-state index in [1.54, 1.807) is 42.7 Å². The van der Waals surface area contributed by atoms with E-state index >= 15 is 0 Å². The molecule has 186 valence electrons. The number of esters is 1. The Morgan fingerprint density at radius 1 is 0.886 bits per heavy atom. The Kier molecular flexibility index (Phi) is 7.71. The molecule has 0 saturated carbocycles. The van der Waals surface area contributed by atoms with Crippen LogP contribution in [0.3, 0.4) is 0 Å². The second-order valence-electron chi connectivity index (χ2n) is 7.85. The van der Waals surface area contributed by atoms with E-state index in [-0.39, 0.29) is 35.4 Å². The van der Waals surface area contributed by atoms with Gasteiger partial charge in [0, 0.05) is 46.2 Å². The van der Waals surface area contributed by atoms with Crippen molar-refractivity contribution in [3.8, 4) is 0 Å². The minimum atomic E-state index is -0.524. The van der Waals surface area contributed by atoms with E-state index < -0.39 is 17.8 Å². The van der Waals surface area contributed by atoms with Crippen LogP contribution in [0.2, 0.25) is 0 Å². The van der Waals surface area contributed by atoms with Crippen LogP contribution in [-0.4, -0.2) is 56.0 Å². The molecule has 0 saturated heterocycles. The normalized spacial score (nSPS) is 10.7. The number of aromatic nitrogens is 4. The quantitative estimate of drug-likeness (QED) is 0.329. The van der Waals surface area contributed by atoms with E-state index in [4.69, 9.17) is 10.5 Å². The maximum atomic E-state index is 12.8. The van der Waals surface area contributed by atoms with Gasteiger partial charge in [0.25, 0.3) is 11.8 Å². The van der Waals surface area contributed by atoms with Crippen LogP contribution in [0, 0.1) is 0 Å². The van der Waals surface area contributed by atoms with Crippen molar-refractivity contribution in [2.75, 3.05) is 29.6 Å². The number of nitrogens with one attached hydrogen (secondary N) is 3. The SMILES string of the molecule is COC(=O)c1cc(NC(=O)c2cc(NC(=O)c3nc(NC(=O)CCCN)cn3C)cn2C)cn1C. The average molecular weight is 485 g/mol. The predicted molar refractivity (Wildman–Crippen MR) is 128 cm³/mol. The first-order valence-electron chi connectivity index (χ1n) is 10.7. The van der Waals surface area contributed by atoms with E-state index in [2.05, 4.69) is 20.9 Å². The summed E-state index contributed by atoms with van der Waals surface area (Å²) < 4.78 is 9.29. The zero-order chi connectivity index (χ0) is 25.7. The number of nitrogens with two attached hydrogens (primary N) is 1. The molecule has 13 nitrogen and oxygen atoms in total. The lowest BCUT2D eigenvalue weighted by atomic mass is 10.3. The van der Waals surface area contributed by atoms with E-state index in [1.807, 2.05) is 0 Å². The number of rotatable bonds is 9. The molecular weight excluding hydrogens is 456 g/mol. The molecule has 13 heteroatoms. The van der Waals surface area contributed by atoms with Gasteiger partial charge in [0.15, 0.2) is 5.82 Å². The van der Waals surface area contributed by atoms with Crippen molar-refractivity contribution in [2.24, 2.45) is 26.9 Å². The third kappa shape index (κ3) is 5.95. The summed E-state index contributed by atoms with van der Waals surface area (Å²) >= 11 is 0. The third-order valence-electron chi connectivity index (χ3n) is 5.11. The first-order chi connectivity index (χ1) is 16.6. The van der Waals surface area contributed by atoms with Gasteiger partial charge in [-0.2, -0.15) is 0 Å². The van der Waals surface area contributed by atoms with E-state index in [1.165, 1.54) is 30.0 Å². The Balaban J connectivity index is 1.68. The number of amides is 3. The Morgan fingerprint density at radius 2 is 1.49 bits per heavy atom. The number of nitrogens with zero attached hydrogens (tertiary/aromatic N) is 4. The highest BCUT2D eigenvalue weighted by atomic mass is 16.5. The first kappa shape index (κ1) is 25.2. The number of methoxy groups -OCH3 is 1. The van der Waals surface area contributed by atoms with Crippen molar-refractivity contribution < 1.29 is 23.9 Å². The van der Waals surface area contributed by atoms with Gasteiger partial charge in [-0.15, -0.1) is 0 Å². The molecule has 0 aliphatic rings. The summed E-state index contributed by atoms with van der Waals surface area (Å²) in [6, 6.07) is 3.01. The monoisotopic (exact) mass is 484 g/mol. The Labute approximate surface area is 201 Å². The summed E-state index contributed by atoms with van der Waals surface area (Å²) in [5, 5.41) is 8.05. The number of hydrogen-bond acceptors (Lipinski definition) is 7. The maximum absolute atomic E-state index is 12.8. The number of anilines is 3. The maximum Gasteiger partial charge on any atom is 0.354 e. The van der Waals surface area contributed by atoms with E-state index in [0.29, 0.717) is 24.3 Å². The average Bonchev–Trinajstić information content (AvgIpc) is 3.47. The predicted octanol–water partition coefficient (Wildman–Crippen LogP) is 1.07.